The molecular weight excluding hydrogens is 326 g/mol. The summed E-state index contributed by atoms with van der Waals surface area (Å²) in [7, 11) is 0. The first kappa shape index (κ1) is 17.0. The highest BCUT2D eigenvalue weighted by atomic mass is 16.3. The number of rotatable bonds is 4. The Labute approximate surface area is 151 Å². The van der Waals surface area contributed by atoms with E-state index in [9.17, 15) is 10.4 Å². The molecule has 0 amide bonds. The number of nitrogens with zero attached hydrogens (tertiary/aromatic N) is 3. The maximum Gasteiger partial charge on any atom is 0.152 e. The van der Waals surface area contributed by atoms with Gasteiger partial charge >= 0.3 is 0 Å². The van der Waals surface area contributed by atoms with E-state index in [0.29, 0.717) is 11.4 Å². The van der Waals surface area contributed by atoms with Crippen LogP contribution < -0.4 is 11.1 Å². The molecule has 3 rings (SSSR count). The van der Waals surface area contributed by atoms with E-state index < -0.39 is 0 Å². The van der Waals surface area contributed by atoms with Gasteiger partial charge < -0.3 is 16.2 Å². The molecule has 0 saturated heterocycles. The highest BCUT2D eigenvalue weighted by molar-refractivity contribution is 5.87. The number of benzene rings is 3. The molecule has 3 aromatic carbocycles. The largest absolute Gasteiger partial charge is 0.505 e. The molecule has 0 heterocycles. The van der Waals surface area contributed by atoms with Crippen molar-refractivity contribution >= 4 is 28.4 Å². The molecule has 0 saturated carbocycles. The number of nitrogen functional groups attached to an aromatic ring is 1. The Morgan fingerprint density at radius 2 is 1.73 bits per heavy atom. The fourth-order valence-electron chi connectivity index (χ4n) is 2.41. The van der Waals surface area contributed by atoms with Gasteiger partial charge in [0.05, 0.1) is 17.1 Å². The average Bonchev–Trinajstić information content (AvgIpc) is 2.64. The number of phenolic OH excluding ortho intramolecular Hbond substituents is 1. The summed E-state index contributed by atoms with van der Waals surface area (Å²) in [5.74, 6) is -0.157. The third kappa shape index (κ3) is 3.62. The molecule has 0 atom stereocenters. The van der Waals surface area contributed by atoms with E-state index in [-0.39, 0.29) is 22.7 Å². The van der Waals surface area contributed by atoms with Gasteiger partial charge in [-0.15, -0.1) is 5.11 Å². The third-order valence-corrected chi connectivity index (χ3v) is 3.76. The van der Waals surface area contributed by atoms with Gasteiger partial charge in [-0.25, -0.2) is 0 Å². The third-order valence-electron chi connectivity index (χ3n) is 3.76. The molecule has 128 valence electrons. The predicted octanol–water partition coefficient (Wildman–Crippen LogP) is 5.31. The summed E-state index contributed by atoms with van der Waals surface area (Å²) in [5, 5.41) is 31.2. The van der Waals surface area contributed by atoms with Crippen LogP contribution in [0.4, 0.5) is 28.4 Å². The summed E-state index contributed by atoms with van der Waals surface area (Å²) in [6.07, 6.45) is 0. The van der Waals surface area contributed by atoms with Crippen LogP contribution >= 0.6 is 0 Å². The lowest BCUT2D eigenvalue weighted by Gasteiger charge is -2.13. The van der Waals surface area contributed by atoms with Gasteiger partial charge in [0.1, 0.15) is 17.4 Å². The summed E-state index contributed by atoms with van der Waals surface area (Å²) in [5.41, 5.74) is 9.19. The lowest BCUT2D eigenvalue weighted by atomic mass is 10.1. The van der Waals surface area contributed by atoms with Crippen LogP contribution in [0.3, 0.4) is 0 Å². The van der Waals surface area contributed by atoms with E-state index in [1.807, 2.05) is 61.5 Å². The van der Waals surface area contributed by atoms with Crippen molar-refractivity contribution in [2.45, 2.75) is 6.92 Å². The number of aromatic hydroxyl groups is 1. The van der Waals surface area contributed by atoms with Crippen LogP contribution in [0.15, 0.2) is 70.9 Å². The van der Waals surface area contributed by atoms with Gasteiger partial charge in [0, 0.05) is 11.8 Å². The van der Waals surface area contributed by atoms with Crippen LogP contribution in [0.25, 0.3) is 0 Å². The lowest BCUT2D eigenvalue weighted by Crippen LogP contribution is -1.99. The molecule has 0 aromatic heterocycles. The van der Waals surface area contributed by atoms with Gasteiger partial charge in [-0.05, 0) is 31.2 Å². The number of aryl methyl sites for hydroxylation is 1. The standard InChI is InChI=1S/C20H17N5O/c1-13-7-9-15(10-8-13)24-25-20-18(26)11-17(22)16(12-21)19(20)23-14-5-3-2-4-6-14/h2-11,23,26H,22H2,1H3. The van der Waals surface area contributed by atoms with Crippen LogP contribution in [0.2, 0.25) is 0 Å². The predicted molar refractivity (Wildman–Crippen MR) is 102 cm³/mol. The van der Waals surface area contributed by atoms with Gasteiger partial charge in [-0.2, -0.15) is 10.4 Å². The Balaban J connectivity index is 2.08. The molecule has 0 bridgehead atoms. The first-order valence-corrected chi connectivity index (χ1v) is 7.94. The van der Waals surface area contributed by atoms with Crippen molar-refractivity contribution in [3.05, 3.63) is 71.8 Å². The summed E-state index contributed by atoms with van der Waals surface area (Å²) < 4.78 is 0. The minimum atomic E-state index is -0.157. The molecule has 3 aromatic rings. The van der Waals surface area contributed by atoms with E-state index in [1.165, 1.54) is 6.07 Å². The number of hydrogen-bond donors (Lipinski definition) is 3. The van der Waals surface area contributed by atoms with Gasteiger partial charge in [0.15, 0.2) is 5.69 Å². The molecule has 6 nitrogen and oxygen atoms in total. The van der Waals surface area contributed by atoms with Crippen molar-refractivity contribution in [2.75, 3.05) is 11.1 Å². The molecule has 6 heteroatoms. The summed E-state index contributed by atoms with van der Waals surface area (Å²) in [4.78, 5) is 0. The minimum absolute atomic E-state index is 0.153. The first-order chi connectivity index (χ1) is 12.6. The Hall–Kier alpha value is -3.85. The van der Waals surface area contributed by atoms with Gasteiger partial charge in [-0.3, -0.25) is 0 Å². The number of nitriles is 1. The molecule has 0 fully saturated rings. The Morgan fingerprint density at radius 1 is 1.04 bits per heavy atom. The zero-order chi connectivity index (χ0) is 18.5. The molecule has 0 radical (unpaired) electrons. The molecule has 26 heavy (non-hydrogen) atoms. The maximum absolute atomic E-state index is 10.3. The molecule has 0 aliphatic heterocycles. The van der Waals surface area contributed by atoms with E-state index in [1.54, 1.807) is 0 Å². The number of hydrogen-bond acceptors (Lipinski definition) is 6. The topological polar surface area (TPSA) is 107 Å². The average molecular weight is 343 g/mol. The van der Waals surface area contributed by atoms with Crippen molar-refractivity contribution in [1.29, 1.82) is 5.26 Å². The smallest absolute Gasteiger partial charge is 0.152 e. The zero-order valence-electron chi connectivity index (χ0n) is 14.1. The molecular formula is C20H17N5O. The lowest BCUT2D eigenvalue weighted by molar-refractivity contribution is 0.477. The van der Waals surface area contributed by atoms with Crippen molar-refractivity contribution in [3.63, 3.8) is 0 Å². The highest BCUT2D eigenvalue weighted by Gasteiger charge is 2.17. The van der Waals surface area contributed by atoms with Crippen molar-refractivity contribution in [2.24, 2.45) is 10.2 Å². The Bertz CT molecular complexity index is 989. The summed E-state index contributed by atoms with van der Waals surface area (Å²) in [6.45, 7) is 1.98. The van der Waals surface area contributed by atoms with Crippen molar-refractivity contribution < 1.29 is 5.11 Å². The second-order valence-electron chi connectivity index (χ2n) is 5.72. The Kier molecular flexibility index (Phi) is 4.81. The molecule has 0 unspecified atom stereocenters. The first-order valence-electron chi connectivity index (χ1n) is 7.94. The second-order valence-corrected chi connectivity index (χ2v) is 5.72. The molecule has 4 N–H and O–H groups in total. The van der Waals surface area contributed by atoms with E-state index >= 15 is 0 Å². The molecule has 0 aliphatic rings. The highest BCUT2D eigenvalue weighted by Crippen LogP contribution is 2.42. The van der Waals surface area contributed by atoms with E-state index in [2.05, 4.69) is 21.6 Å². The monoisotopic (exact) mass is 343 g/mol. The van der Waals surface area contributed by atoms with Crippen LogP contribution in [0.5, 0.6) is 5.75 Å². The van der Waals surface area contributed by atoms with Gasteiger partial charge in [0.25, 0.3) is 0 Å². The number of para-hydroxylation sites is 1. The summed E-state index contributed by atoms with van der Waals surface area (Å²) in [6, 6.07) is 20.1. The van der Waals surface area contributed by atoms with Crippen molar-refractivity contribution in [3.8, 4) is 11.8 Å². The van der Waals surface area contributed by atoms with Crippen LogP contribution in [-0.2, 0) is 0 Å². The number of anilines is 3. The van der Waals surface area contributed by atoms with E-state index in [4.69, 9.17) is 5.73 Å². The van der Waals surface area contributed by atoms with Crippen LogP contribution in [0, 0.1) is 18.3 Å². The van der Waals surface area contributed by atoms with E-state index in [0.717, 1.165) is 11.3 Å². The van der Waals surface area contributed by atoms with Gasteiger partial charge in [0.2, 0.25) is 0 Å². The Morgan fingerprint density at radius 3 is 2.38 bits per heavy atom. The number of azo groups is 1. The normalized spacial score (nSPS) is 10.6. The fourth-order valence-corrected chi connectivity index (χ4v) is 2.41. The summed E-state index contributed by atoms with van der Waals surface area (Å²) >= 11 is 0. The molecule has 0 aliphatic carbocycles. The quantitative estimate of drug-likeness (QED) is 0.440. The number of nitrogens with one attached hydrogen (secondary N) is 1. The number of nitrogens with two attached hydrogens (primary N) is 1. The molecule has 0 spiro atoms. The minimum Gasteiger partial charge on any atom is -0.505 e. The van der Waals surface area contributed by atoms with Crippen LogP contribution in [-0.4, -0.2) is 5.11 Å². The number of phenols is 1. The van der Waals surface area contributed by atoms with Crippen LogP contribution in [0.1, 0.15) is 11.1 Å². The zero-order valence-corrected chi connectivity index (χ0v) is 14.1. The fraction of sp³-hybridized carbons (Fsp3) is 0.0500. The van der Waals surface area contributed by atoms with Gasteiger partial charge in [-0.1, -0.05) is 35.9 Å². The second kappa shape index (κ2) is 7.36. The van der Waals surface area contributed by atoms with Crippen molar-refractivity contribution in [1.82, 2.24) is 0 Å². The SMILES string of the molecule is Cc1ccc(N=Nc2c(O)cc(N)c(C#N)c2Nc2ccccc2)cc1. The maximum atomic E-state index is 10.3.